The van der Waals surface area contributed by atoms with E-state index in [4.69, 9.17) is 12.2 Å². The molecule has 0 unspecified atom stereocenters. The monoisotopic (exact) mass is 596 g/mol. The Balaban J connectivity index is 1.20. The number of thiocarbonyl (C=S) groups is 1. The fraction of sp³-hybridized carbons (Fsp3) is 0.179. The number of rotatable bonds is 7. The summed E-state index contributed by atoms with van der Waals surface area (Å²) in [5, 5.41) is 8.37. The van der Waals surface area contributed by atoms with E-state index in [2.05, 4.69) is 25.1 Å². The van der Waals surface area contributed by atoms with Crippen LogP contribution in [0.3, 0.4) is 0 Å². The Morgan fingerprint density at radius 2 is 1.83 bits per heavy atom. The van der Waals surface area contributed by atoms with E-state index in [1.165, 1.54) is 47.0 Å². The van der Waals surface area contributed by atoms with E-state index in [1.54, 1.807) is 4.90 Å². The number of aryl methyl sites for hydroxylation is 1. The summed E-state index contributed by atoms with van der Waals surface area (Å²) in [7, 11) is 0. The first-order valence-corrected chi connectivity index (χ1v) is 13.9. The van der Waals surface area contributed by atoms with Gasteiger partial charge in [0.05, 0.1) is 17.1 Å². The molecule has 3 aromatic carbocycles. The van der Waals surface area contributed by atoms with Crippen LogP contribution in [0.1, 0.15) is 18.1 Å². The smallest absolute Gasteiger partial charge is 0.406 e. The number of thioether (sulfide) groups is 1. The fourth-order valence-electron chi connectivity index (χ4n) is 4.11. The third-order valence-electron chi connectivity index (χ3n) is 6.06. The first-order chi connectivity index (χ1) is 19.7. The molecule has 0 radical (unpaired) electrons. The van der Waals surface area contributed by atoms with Gasteiger partial charge >= 0.3 is 6.36 Å². The number of nitrogens with zero attached hydrogens (tertiary/aromatic N) is 5. The number of hydrogen-bond acceptors (Lipinski definition) is 6. The van der Waals surface area contributed by atoms with Crippen LogP contribution in [0, 0.1) is 0 Å². The predicted molar refractivity (Wildman–Crippen MR) is 156 cm³/mol. The number of hydrogen-bond donors (Lipinski definition) is 1. The van der Waals surface area contributed by atoms with Gasteiger partial charge in [-0.15, -0.1) is 18.3 Å². The largest absolute Gasteiger partial charge is 0.573 e. The highest BCUT2D eigenvalue weighted by atomic mass is 32.2. The summed E-state index contributed by atoms with van der Waals surface area (Å²) in [6.45, 7) is 2.47. The van der Waals surface area contributed by atoms with Crippen molar-refractivity contribution < 1.29 is 22.7 Å². The van der Waals surface area contributed by atoms with Crippen LogP contribution in [0.5, 0.6) is 5.75 Å². The summed E-state index contributed by atoms with van der Waals surface area (Å²) < 4.78 is 42.5. The summed E-state index contributed by atoms with van der Waals surface area (Å²) in [6, 6.07) is 20.6. The molecule has 4 aromatic rings. The van der Waals surface area contributed by atoms with Gasteiger partial charge in [-0.1, -0.05) is 61.2 Å². The second kappa shape index (κ2) is 12.1. The van der Waals surface area contributed by atoms with Crippen molar-refractivity contribution in [3.8, 4) is 22.8 Å². The molecule has 1 fully saturated rings. The molecule has 1 aliphatic rings. The maximum atomic E-state index is 12.6. The Bertz CT molecular complexity index is 1590. The number of amides is 1. The number of benzene rings is 3. The summed E-state index contributed by atoms with van der Waals surface area (Å²) in [5.74, 6) is 0.419. The third kappa shape index (κ3) is 6.92. The number of halogens is 3. The maximum Gasteiger partial charge on any atom is 0.573 e. The number of carbonyl (C=O) groups excluding carboxylic acids is 1. The molecular formula is C28H23F3N6O2S2. The Kier molecular flexibility index (Phi) is 8.36. The van der Waals surface area contributed by atoms with E-state index < -0.39 is 6.36 Å². The van der Waals surface area contributed by atoms with E-state index in [0.29, 0.717) is 29.0 Å². The summed E-state index contributed by atoms with van der Waals surface area (Å²) in [4.78, 5) is 23.1. The second-order valence-electron chi connectivity index (χ2n) is 8.80. The van der Waals surface area contributed by atoms with Crippen LogP contribution in [-0.4, -0.2) is 43.1 Å². The molecule has 2 heterocycles. The highest BCUT2D eigenvalue weighted by Crippen LogP contribution is 2.30. The van der Waals surface area contributed by atoms with Crippen LogP contribution >= 0.6 is 24.0 Å². The number of aromatic nitrogens is 3. The van der Waals surface area contributed by atoms with Crippen molar-refractivity contribution >= 4 is 45.9 Å². The van der Waals surface area contributed by atoms with Gasteiger partial charge in [0, 0.05) is 12.1 Å². The number of para-hydroxylation sites is 1. The first kappa shape index (κ1) is 28.3. The SMILES string of the molecule is CCc1ccccc1N1C(=O)CS/C1=N\C(=S)NCc1ccc(-c2ncn(-c3ccc(OC(F)(F)F)cc3)n2)cc1. The topological polar surface area (TPSA) is 84.6 Å². The zero-order chi connectivity index (χ0) is 29.0. The normalized spacial score (nSPS) is 14.5. The van der Waals surface area contributed by atoms with Gasteiger partial charge in [0.25, 0.3) is 0 Å². The van der Waals surface area contributed by atoms with Crippen LogP contribution in [-0.2, 0) is 17.8 Å². The summed E-state index contributed by atoms with van der Waals surface area (Å²) in [6.07, 6.45) is -2.48. The zero-order valence-corrected chi connectivity index (χ0v) is 23.3. The molecule has 1 aromatic heterocycles. The van der Waals surface area contributed by atoms with E-state index >= 15 is 0 Å². The van der Waals surface area contributed by atoms with Gasteiger partial charge in [0.15, 0.2) is 16.1 Å². The average molecular weight is 597 g/mol. The number of alkyl halides is 3. The van der Waals surface area contributed by atoms with Gasteiger partial charge in [-0.3, -0.25) is 9.69 Å². The lowest BCUT2D eigenvalue weighted by molar-refractivity contribution is -0.274. The van der Waals surface area contributed by atoms with Gasteiger partial charge < -0.3 is 10.1 Å². The molecule has 0 atom stereocenters. The average Bonchev–Trinajstić information content (AvgIpc) is 3.59. The third-order valence-corrected chi connectivity index (χ3v) is 7.22. The maximum absolute atomic E-state index is 12.6. The first-order valence-electron chi connectivity index (χ1n) is 12.5. The molecule has 0 saturated carbocycles. The number of amidine groups is 1. The van der Waals surface area contributed by atoms with Crippen LogP contribution in [0.4, 0.5) is 18.9 Å². The molecule has 5 rings (SSSR count). The Hall–Kier alpha value is -4.23. The molecule has 8 nitrogen and oxygen atoms in total. The lowest BCUT2D eigenvalue weighted by Gasteiger charge is -2.19. The molecule has 0 aliphatic carbocycles. The van der Waals surface area contributed by atoms with Gasteiger partial charge in [-0.05, 0) is 60.1 Å². The van der Waals surface area contributed by atoms with E-state index in [9.17, 15) is 18.0 Å². The van der Waals surface area contributed by atoms with Crippen LogP contribution < -0.4 is 15.0 Å². The number of anilines is 1. The lowest BCUT2D eigenvalue weighted by atomic mass is 10.1. The molecule has 41 heavy (non-hydrogen) atoms. The molecule has 1 aliphatic heterocycles. The molecular weight excluding hydrogens is 573 g/mol. The second-order valence-corrected chi connectivity index (χ2v) is 10.1. The Labute approximate surface area is 243 Å². The molecule has 1 N–H and O–H groups in total. The molecule has 1 saturated heterocycles. The van der Waals surface area contributed by atoms with Crippen molar-refractivity contribution in [3.05, 3.63) is 90.3 Å². The van der Waals surface area contributed by atoms with Crippen LogP contribution in [0.25, 0.3) is 17.1 Å². The van der Waals surface area contributed by atoms with Crippen molar-refractivity contribution in [1.82, 2.24) is 20.1 Å². The minimum atomic E-state index is -4.75. The molecule has 0 bridgehead atoms. The lowest BCUT2D eigenvalue weighted by Crippen LogP contribution is -2.32. The number of aliphatic imine (C=N–C) groups is 1. The van der Waals surface area contributed by atoms with E-state index in [-0.39, 0.29) is 16.8 Å². The van der Waals surface area contributed by atoms with Gasteiger partial charge in [-0.25, -0.2) is 9.67 Å². The quantitative estimate of drug-likeness (QED) is 0.266. The number of nitrogens with one attached hydrogen (secondary N) is 1. The van der Waals surface area contributed by atoms with Crippen molar-refractivity contribution in [2.24, 2.45) is 4.99 Å². The van der Waals surface area contributed by atoms with E-state index in [0.717, 1.165) is 28.8 Å². The predicted octanol–water partition coefficient (Wildman–Crippen LogP) is 5.91. The molecule has 13 heteroatoms. The zero-order valence-electron chi connectivity index (χ0n) is 21.6. The van der Waals surface area contributed by atoms with Gasteiger partial charge in [0.2, 0.25) is 5.91 Å². The highest BCUT2D eigenvalue weighted by Gasteiger charge is 2.32. The van der Waals surface area contributed by atoms with Crippen molar-refractivity contribution in [2.45, 2.75) is 26.3 Å². The Morgan fingerprint density at radius 1 is 1.10 bits per heavy atom. The molecule has 0 spiro atoms. The Morgan fingerprint density at radius 3 is 2.54 bits per heavy atom. The number of carbonyl (C=O) groups is 1. The van der Waals surface area contributed by atoms with Gasteiger partial charge in [-0.2, -0.15) is 4.99 Å². The van der Waals surface area contributed by atoms with Crippen molar-refractivity contribution in [2.75, 3.05) is 10.7 Å². The highest BCUT2D eigenvalue weighted by molar-refractivity contribution is 8.15. The minimum absolute atomic E-state index is 0.0309. The standard InChI is InChI=1S/C28H23F3N6O2S2/c1-2-19-5-3-4-6-23(19)37-24(38)16-41-27(37)34-26(40)32-15-18-7-9-20(10-8-18)25-33-17-36(35-25)21-11-13-22(14-12-21)39-28(29,30)31/h3-14,17H,2,15-16H2,1H3,(H,32,40)/b34-27-. The van der Waals surface area contributed by atoms with Crippen LogP contribution in [0.2, 0.25) is 0 Å². The van der Waals surface area contributed by atoms with Crippen molar-refractivity contribution in [3.63, 3.8) is 0 Å². The summed E-state index contributed by atoms with van der Waals surface area (Å²) in [5.41, 5.74) is 4.12. The van der Waals surface area contributed by atoms with Crippen molar-refractivity contribution in [1.29, 1.82) is 0 Å². The van der Waals surface area contributed by atoms with E-state index in [1.807, 2.05) is 55.5 Å². The van der Waals surface area contributed by atoms with Crippen LogP contribution in [0.15, 0.2) is 84.1 Å². The minimum Gasteiger partial charge on any atom is -0.406 e. The molecule has 1 amide bonds. The van der Waals surface area contributed by atoms with Gasteiger partial charge in [0.1, 0.15) is 12.1 Å². The number of ether oxygens (including phenoxy) is 1. The summed E-state index contributed by atoms with van der Waals surface area (Å²) >= 11 is 6.80. The molecule has 210 valence electrons. The fourth-order valence-corrected chi connectivity index (χ4v) is 5.19.